The van der Waals surface area contributed by atoms with Crippen LogP contribution in [0.25, 0.3) is 11.3 Å². The number of hydrogen-bond acceptors (Lipinski definition) is 2. The number of hydrogen-bond donors (Lipinski definition) is 1. The number of benzene rings is 1. The lowest BCUT2D eigenvalue weighted by Crippen LogP contribution is -2.04. The highest BCUT2D eigenvalue weighted by molar-refractivity contribution is 5.71. The van der Waals surface area contributed by atoms with E-state index in [1.165, 1.54) is 24.2 Å². The Bertz CT molecular complexity index is 577. The number of imidazole rings is 1. The van der Waals surface area contributed by atoms with Gasteiger partial charge in [0.1, 0.15) is 17.3 Å². The van der Waals surface area contributed by atoms with Gasteiger partial charge in [-0.25, -0.2) is 4.98 Å². The van der Waals surface area contributed by atoms with E-state index in [0.29, 0.717) is 5.92 Å². The molecule has 1 aliphatic carbocycles. The molecule has 0 aliphatic heterocycles. The minimum absolute atomic E-state index is 0.630. The summed E-state index contributed by atoms with van der Waals surface area (Å²) in [5, 5.41) is 0. The van der Waals surface area contributed by atoms with Crippen LogP contribution >= 0.6 is 0 Å². The molecule has 0 atom stereocenters. The first kappa shape index (κ1) is 12.3. The van der Waals surface area contributed by atoms with Crippen LogP contribution in [0.5, 0.6) is 0 Å². The summed E-state index contributed by atoms with van der Waals surface area (Å²) in [7, 11) is 0. The lowest BCUT2D eigenvalue weighted by atomic mass is 10.1. The molecule has 0 radical (unpaired) electrons. The van der Waals surface area contributed by atoms with Crippen molar-refractivity contribution < 1.29 is 0 Å². The molecule has 0 bridgehead atoms. The van der Waals surface area contributed by atoms with E-state index >= 15 is 0 Å². The van der Waals surface area contributed by atoms with Crippen molar-refractivity contribution in [2.24, 2.45) is 0 Å². The third-order valence-corrected chi connectivity index (χ3v) is 3.93. The van der Waals surface area contributed by atoms with Crippen molar-refractivity contribution in [1.82, 2.24) is 9.55 Å². The third-order valence-electron chi connectivity index (χ3n) is 3.93. The number of aromatic nitrogens is 2. The molecule has 1 aliphatic rings. The first-order chi connectivity index (χ1) is 9.24. The van der Waals surface area contributed by atoms with Gasteiger partial charge in [0, 0.05) is 18.0 Å². The first-order valence-electron chi connectivity index (χ1n) is 7.19. The second-order valence-electron chi connectivity index (χ2n) is 5.27. The third kappa shape index (κ3) is 2.14. The van der Waals surface area contributed by atoms with Crippen LogP contribution in [0, 0.1) is 0 Å². The zero-order valence-corrected chi connectivity index (χ0v) is 11.7. The number of nitrogen functional groups attached to an aromatic ring is 1. The van der Waals surface area contributed by atoms with Gasteiger partial charge in [0.05, 0.1) is 0 Å². The molecule has 0 saturated heterocycles. The fraction of sp³-hybridized carbons (Fsp3) is 0.438. The van der Waals surface area contributed by atoms with Gasteiger partial charge in [-0.1, -0.05) is 31.2 Å². The Labute approximate surface area is 114 Å². The normalized spacial score (nSPS) is 14.8. The average molecular weight is 255 g/mol. The number of nitrogens with two attached hydrogens (primary N) is 1. The van der Waals surface area contributed by atoms with Gasteiger partial charge in [-0.05, 0) is 31.7 Å². The molecule has 1 aromatic carbocycles. The Balaban J connectivity index is 2.03. The first-order valence-corrected chi connectivity index (χ1v) is 7.19. The fourth-order valence-corrected chi connectivity index (χ4v) is 2.58. The van der Waals surface area contributed by atoms with E-state index in [9.17, 15) is 0 Å². The second-order valence-corrected chi connectivity index (χ2v) is 5.27. The Morgan fingerprint density at radius 1 is 1.21 bits per heavy atom. The van der Waals surface area contributed by atoms with Crippen LogP contribution in [0.4, 0.5) is 5.82 Å². The van der Waals surface area contributed by atoms with Crippen molar-refractivity contribution in [3.05, 3.63) is 35.7 Å². The van der Waals surface area contributed by atoms with Gasteiger partial charge < -0.3 is 10.3 Å². The SMILES string of the molecule is CCc1ccc(-c2nc(C3CC3)n(CC)c2N)cc1. The maximum absolute atomic E-state index is 6.28. The van der Waals surface area contributed by atoms with Crippen LogP contribution in [0.15, 0.2) is 24.3 Å². The molecule has 0 unspecified atom stereocenters. The number of rotatable bonds is 4. The summed E-state index contributed by atoms with van der Waals surface area (Å²) in [6, 6.07) is 8.59. The van der Waals surface area contributed by atoms with Crippen LogP contribution in [0.2, 0.25) is 0 Å². The monoisotopic (exact) mass is 255 g/mol. The molecule has 100 valence electrons. The predicted molar refractivity (Wildman–Crippen MR) is 79.1 cm³/mol. The molecule has 3 heteroatoms. The van der Waals surface area contributed by atoms with Crippen molar-refractivity contribution in [2.75, 3.05) is 5.73 Å². The van der Waals surface area contributed by atoms with Gasteiger partial charge in [-0.15, -0.1) is 0 Å². The maximum atomic E-state index is 6.28. The van der Waals surface area contributed by atoms with Crippen molar-refractivity contribution in [3.63, 3.8) is 0 Å². The highest BCUT2D eigenvalue weighted by Gasteiger charge is 2.30. The smallest absolute Gasteiger partial charge is 0.131 e. The number of anilines is 1. The van der Waals surface area contributed by atoms with Gasteiger partial charge in [0.25, 0.3) is 0 Å². The Kier molecular flexibility index (Phi) is 3.05. The molecule has 0 amide bonds. The fourth-order valence-electron chi connectivity index (χ4n) is 2.58. The molecule has 2 N–H and O–H groups in total. The van der Waals surface area contributed by atoms with Crippen LogP contribution in [0.1, 0.15) is 44.0 Å². The molecule has 1 saturated carbocycles. The van der Waals surface area contributed by atoms with E-state index in [1.54, 1.807) is 0 Å². The largest absolute Gasteiger partial charge is 0.383 e. The summed E-state index contributed by atoms with van der Waals surface area (Å²) in [6.07, 6.45) is 3.57. The zero-order valence-electron chi connectivity index (χ0n) is 11.7. The van der Waals surface area contributed by atoms with Gasteiger partial charge >= 0.3 is 0 Å². The molecule has 1 aromatic heterocycles. The van der Waals surface area contributed by atoms with Crippen LogP contribution in [-0.2, 0) is 13.0 Å². The minimum Gasteiger partial charge on any atom is -0.383 e. The molecule has 1 heterocycles. The quantitative estimate of drug-likeness (QED) is 0.907. The van der Waals surface area contributed by atoms with E-state index in [1.807, 2.05) is 0 Å². The summed E-state index contributed by atoms with van der Waals surface area (Å²) in [4.78, 5) is 4.81. The molecular formula is C16H21N3. The van der Waals surface area contributed by atoms with Gasteiger partial charge in [-0.3, -0.25) is 0 Å². The molecule has 1 fully saturated rings. The van der Waals surface area contributed by atoms with Crippen molar-refractivity contribution >= 4 is 5.82 Å². The zero-order chi connectivity index (χ0) is 13.4. The Hall–Kier alpha value is -1.77. The van der Waals surface area contributed by atoms with Crippen molar-refractivity contribution in [2.45, 2.75) is 45.6 Å². The van der Waals surface area contributed by atoms with Crippen LogP contribution in [0.3, 0.4) is 0 Å². The van der Waals surface area contributed by atoms with Crippen molar-refractivity contribution in [1.29, 1.82) is 0 Å². The summed E-state index contributed by atoms with van der Waals surface area (Å²) >= 11 is 0. The lowest BCUT2D eigenvalue weighted by Gasteiger charge is -2.05. The highest BCUT2D eigenvalue weighted by Crippen LogP contribution is 2.42. The Morgan fingerprint density at radius 3 is 2.42 bits per heavy atom. The summed E-state index contributed by atoms with van der Waals surface area (Å²) in [5.41, 5.74) is 9.71. The van der Waals surface area contributed by atoms with E-state index in [0.717, 1.165) is 30.0 Å². The van der Waals surface area contributed by atoms with E-state index in [4.69, 9.17) is 10.7 Å². The predicted octanol–water partition coefficient (Wildman–Crippen LogP) is 3.59. The number of aryl methyl sites for hydroxylation is 1. The van der Waals surface area contributed by atoms with E-state index < -0.39 is 0 Å². The van der Waals surface area contributed by atoms with Gasteiger partial charge in [-0.2, -0.15) is 0 Å². The van der Waals surface area contributed by atoms with Crippen molar-refractivity contribution in [3.8, 4) is 11.3 Å². The van der Waals surface area contributed by atoms with Crippen LogP contribution < -0.4 is 5.73 Å². The average Bonchev–Trinajstić information content (AvgIpc) is 3.23. The summed E-state index contributed by atoms with van der Waals surface area (Å²) in [5.74, 6) is 2.62. The molecule has 0 spiro atoms. The molecule has 2 aromatic rings. The van der Waals surface area contributed by atoms with E-state index in [-0.39, 0.29) is 0 Å². The standard InChI is InChI=1S/C16H21N3/c1-3-11-5-7-12(8-6-11)14-15(17)19(4-2)16(18-14)13-9-10-13/h5-8,13H,3-4,9-10,17H2,1-2H3. The lowest BCUT2D eigenvalue weighted by molar-refractivity contribution is 0.708. The van der Waals surface area contributed by atoms with Gasteiger partial charge in [0.2, 0.25) is 0 Å². The topological polar surface area (TPSA) is 43.8 Å². The molecule has 3 rings (SSSR count). The van der Waals surface area contributed by atoms with Gasteiger partial charge in [0.15, 0.2) is 0 Å². The molecule has 3 nitrogen and oxygen atoms in total. The second kappa shape index (κ2) is 4.72. The van der Waals surface area contributed by atoms with Crippen LogP contribution in [-0.4, -0.2) is 9.55 Å². The summed E-state index contributed by atoms with van der Waals surface area (Å²) in [6.45, 7) is 5.20. The summed E-state index contributed by atoms with van der Waals surface area (Å²) < 4.78 is 2.17. The van der Waals surface area contributed by atoms with E-state index in [2.05, 4.69) is 42.7 Å². The highest BCUT2D eigenvalue weighted by atomic mass is 15.1. The maximum Gasteiger partial charge on any atom is 0.131 e. The number of nitrogens with zero attached hydrogens (tertiary/aromatic N) is 2. The molecule has 19 heavy (non-hydrogen) atoms. The minimum atomic E-state index is 0.630. The Morgan fingerprint density at radius 2 is 1.89 bits per heavy atom. The molecular weight excluding hydrogens is 234 g/mol.